The highest BCUT2D eigenvalue weighted by Crippen LogP contribution is 2.31. The number of nitrogens with zero attached hydrogens (tertiary/aromatic N) is 3. The molecule has 5 heteroatoms. The van der Waals surface area contributed by atoms with Gasteiger partial charge in [0, 0.05) is 17.3 Å². The summed E-state index contributed by atoms with van der Waals surface area (Å²) in [5.41, 5.74) is 14.9. The van der Waals surface area contributed by atoms with Crippen LogP contribution in [0, 0.1) is 11.3 Å². The van der Waals surface area contributed by atoms with Crippen molar-refractivity contribution in [2.24, 2.45) is 16.5 Å². The van der Waals surface area contributed by atoms with Crippen LogP contribution in [0.3, 0.4) is 0 Å². The van der Waals surface area contributed by atoms with E-state index < -0.39 is 0 Å². The molecule has 0 saturated heterocycles. The van der Waals surface area contributed by atoms with Crippen molar-refractivity contribution in [3.63, 3.8) is 0 Å². The Morgan fingerprint density at radius 3 is 2.77 bits per heavy atom. The van der Waals surface area contributed by atoms with Crippen LogP contribution in [0.1, 0.15) is 24.5 Å². The van der Waals surface area contributed by atoms with Crippen LogP contribution >= 0.6 is 0 Å². The van der Waals surface area contributed by atoms with Crippen molar-refractivity contribution in [2.45, 2.75) is 13.3 Å². The highest BCUT2D eigenvalue weighted by molar-refractivity contribution is 5.99. The zero-order valence-electron chi connectivity index (χ0n) is 14.5. The second-order valence-corrected chi connectivity index (χ2v) is 5.79. The van der Waals surface area contributed by atoms with E-state index >= 15 is 0 Å². The monoisotopic (exact) mass is 341 g/mol. The number of fused-ring (bicyclic) bond motifs is 1. The van der Waals surface area contributed by atoms with Gasteiger partial charge in [0.2, 0.25) is 0 Å². The fraction of sp³-hybridized carbons (Fsp3) is 0.0952. The van der Waals surface area contributed by atoms with Crippen LogP contribution < -0.4 is 11.5 Å². The summed E-state index contributed by atoms with van der Waals surface area (Å²) in [5, 5.41) is 11.5. The van der Waals surface area contributed by atoms with E-state index in [9.17, 15) is 5.26 Å². The number of aromatic nitrogens is 1. The number of hydrogen-bond donors (Lipinski definition) is 2. The molecule has 0 aliphatic rings. The molecule has 0 aliphatic heterocycles. The molecule has 0 radical (unpaired) electrons. The number of nitrogens with two attached hydrogens (primary N) is 2. The van der Waals surface area contributed by atoms with Crippen molar-refractivity contribution in [3.05, 3.63) is 71.9 Å². The molecule has 128 valence electrons. The zero-order valence-corrected chi connectivity index (χ0v) is 14.5. The molecule has 3 aromatic rings. The van der Waals surface area contributed by atoms with Crippen molar-refractivity contribution < 1.29 is 0 Å². The first-order chi connectivity index (χ1) is 12.6. The van der Waals surface area contributed by atoms with Gasteiger partial charge in [0.15, 0.2) is 5.96 Å². The Balaban J connectivity index is 2.26. The Kier molecular flexibility index (Phi) is 4.95. The SMILES string of the molecule is CC/C=C(/N=C(N)N)c1ccc2cccc(-c3ncccc3C#N)c2c1. The Labute approximate surface area is 152 Å². The fourth-order valence-corrected chi connectivity index (χ4v) is 2.91. The van der Waals surface area contributed by atoms with Gasteiger partial charge in [0.1, 0.15) is 6.07 Å². The summed E-state index contributed by atoms with van der Waals surface area (Å²) < 4.78 is 0. The van der Waals surface area contributed by atoms with E-state index in [1.54, 1.807) is 18.3 Å². The maximum absolute atomic E-state index is 9.42. The van der Waals surface area contributed by atoms with E-state index in [0.29, 0.717) is 11.3 Å². The molecule has 26 heavy (non-hydrogen) atoms. The molecular formula is C21H19N5. The van der Waals surface area contributed by atoms with Gasteiger partial charge in [0.05, 0.1) is 17.0 Å². The number of aliphatic imine (C=N–C) groups is 1. The van der Waals surface area contributed by atoms with Gasteiger partial charge in [-0.3, -0.25) is 4.98 Å². The molecule has 0 atom stereocenters. The first kappa shape index (κ1) is 17.2. The lowest BCUT2D eigenvalue weighted by molar-refractivity contribution is 1.21. The van der Waals surface area contributed by atoms with Crippen LogP contribution in [0.15, 0.2) is 65.8 Å². The van der Waals surface area contributed by atoms with Crippen LogP contribution in [0.2, 0.25) is 0 Å². The first-order valence-electron chi connectivity index (χ1n) is 8.32. The molecule has 0 bridgehead atoms. The quantitative estimate of drug-likeness (QED) is 0.556. The molecule has 4 N–H and O–H groups in total. The van der Waals surface area contributed by atoms with Crippen LogP contribution in [0.25, 0.3) is 27.7 Å². The van der Waals surface area contributed by atoms with Gasteiger partial charge in [0.25, 0.3) is 0 Å². The summed E-state index contributed by atoms with van der Waals surface area (Å²) in [6.07, 6.45) is 4.48. The van der Waals surface area contributed by atoms with Crippen LogP contribution in [-0.2, 0) is 0 Å². The van der Waals surface area contributed by atoms with Crippen LogP contribution in [0.5, 0.6) is 0 Å². The van der Waals surface area contributed by atoms with E-state index in [-0.39, 0.29) is 5.96 Å². The molecule has 0 unspecified atom stereocenters. The zero-order chi connectivity index (χ0) is 18.5. The molecule has 1 aromatic heterocycles. The lowest BCUT2D eigenvalue weighted by Gasteiger charge is -2.10. The lowest BCUT2D eigenvalue weighted by atomic mass is 9.96. The highest BCUT2D eigenvalue weighted by atomic mass is 15.0. The first-order valence-corrected chi connectivity index (χ1v) is 8.32. The van der Waals surface area contributed by atoms with Gasteiger partial charge in [-0.05, 0) is 35.4 Å². The van der Waals surface area contributed by atoms with Gasteiger partial charge in [-0.1, -0.05) is 43.3 Å². The van der Waals surface area contributed by atoms with Gasteiger partial charge in [-0.25, -0.2) is 4.99 Å². The predicted octanol–water partition coefficient (Wildman–Crippen LogP) is 3.80. The average molecular weight is 341 g/mol. The maximum Gasteiger partial charge on any atom is 0.191 e. The second-order valence-electron chi connectivity index (χ2n) is 5.79. The van der Waals surface area contributed by atoms with Gasteiger partial charge in [-0.15, -0.1) is 0 Å². The third-order valence-corrected chi connectivity index (χ3v) is 4.01. The minimum absolute atomic E-state index is 0.0228. The maximum atomic E-state index is 9.42. The molecule has 2 aromatic carbocycles. The van der Waals surface area contributed by atoms with E-state index in [1.165, 1.54) is 0 Å². The summed E-state index contributed by atoms with van der Waals surface area (Å²) in [6.45, 7) is 2.03. The van der Waals surface area contributed by atoms with E-state index in [0.717, 1.165) is 34.0 Å². The Morgan fingerprint density at radius 2 is 2.04 bits per heavy atom. The van der Waals surface area contributed by atoms with Gasteiger partial charge in [-0.2, -0.15) is 5.26 Å². The Hall–Kier alpha value is -3.65. The molecule has 5 nitrogen and oxygen atoms in total. The minimum Gasteiger partial charge on any atom is -0.370 e. The molecular weight excluding hydrogens is 322 g/mol. The van der Waals surface area contributed by atoms with Crippen molar-refractivity contribution in [1.29, 1.82) is 5.26 Å². The number of allylic oxidation sites excluding steroid dienone is 1. The Bertz CT molecular complexity index is 1050. The predicted molar refractivity (Wildman–Crippen MR) is 106 cm³/mol. The third-order valence-electron chi connectivity index (χ3n) is 4.01. The van der Waals surface area contributed by atoms with Crippen molar-refractivity contribution in [1.82, 2.24) is 4.98 Å². The van der Waals surface area contributed by atoms with Gasteiger partial charge < -0.3 is 11.5 Å². The fourth-order valence-electron chi connectivity index (χ4n) is 2.91. The molecule has 0 amide bonds. The minimum atomic E-state index is 0.0228. The summed E-state index contributed by atoms with van der Waals surface area (Å²) in [4.78, 5) is 8.67. The largest absolute Gasteiger partial charge is 0.370 e. The summed E-state index contributed by atoms with van der Waals surface area (Å²) in [5.74, 6) is 0.0228. The van der Waals surface area contributed by atoms with Crippen LogP contribution in [-0.4, -0.2) is 10.9 Å². The van der Waals surface area contributed by atoms with Crippen molar-refractivity contribution in [3.8, 4) is 17.3 Å². The van der Waals surface area contributed by atoms with E-state index in [2.05, 4.69) is 16.0 Å². The standard InChI is InChI=1S/C21H19N5/c1-2-5-19(26-21(23)24)15-10-9-14-6-3-8-17(18(14)12-15)20-16(13-22)7-4-11-25-20/h3-12H,2H2,1H3,(H4,23,24,26)/b19-5+. The summed E-state index contributed by atoms with van der Waals surface area (Å²) in [7, 11) is 0. The van der Waals surface area contributed by atoms with Crippen molar-refractivity contribution in [2.75, 3.05) is 0 Å². The van der Waals surface area contributed by atoms with E-state index in [1.807, 2.05) is 49.4 Å². The molecule has 0 saturated carbocycles. The number of hydrogen-bond acceptors (Lipinski definition) is 3. The number of benzene rings is 2. The third kappa shape index (κ3) is 3.40. The van der Waals surface area contributed by atoms with Crippen molar-refractivity contribution >= 4 is 22.4 Å². The molecule has 3 rings (SSSR count). The molecule has 0 aliphatic carbocycles. The number of pyridine rings is 1. The topological polar surface area (TPSA) is 101 Å². The molecule has 0 spiro atoms. The Morgan fingerprint density at radius 1 is 1.19 bits per heavy atom. The van der Waals surface area contributed by atoms with Crippen LogP contribution in [0.4, 0.5) is 0 Å². The summed E-state index contributed by atoms with van der Waals surface area (Å²) in [6, 6.07) is 17.8. The number of guanidine groups is 1. The highest BCUT2D eigenvalue weighted by Gasteiger charge is 2.11. The van der Waals surface area contributed by atoms with Gasteiger partial charge >= 0.3 is 0 Å². The molecule has 0 fully saturated rings. The summed E-state index contributed by atoms with van der Waals surface area (Å²) >= 11 is 0. The number of nitriles is 1. The van der Waals surface area contributed by atoms with E-state index in [4.69, 9.17) is 11.5 Å². The lowest BCUT2D eigenvalue weighted by Crippen LogP contribution is -2.22. The second kappa shape index (κ2) is 7.49. The molecule has 1 heterocycles. The smallest absolute Gasteiger partial charge is 0.191 e. The average Bonchev–Trinajstić information content (AvgIpc) is 2.66. The normalized spacial score (nSPS) is 11.2. The number of rotatable bonds is 4.